The summed E-state index contributed by atoms with van der Waals surface area (Å²) in [4.78, 5) is 2.52. The summed E-state index contributed by atoms with van der Waals surface area (Å²) < 4.78 is 17.6. The van der Waals surface area contributed by atoms with Crippen LogP contribution in [0.2, 0.25) is 0 Å². The molecule has 2 saturated heterocycles. The quantitative estimate of drug-likeness (QED) is 0.677. The van der Waals surface area contributed by atoms with Gasteiger partial charge >= 0.3 is 0 Å². The van der Waals surface area contributed by atoms with Gasteiger partial charge in [0.2, 0.25) is 0 Å². The number of ether oxygens (including phenoxy) is 3. The Balaban J connectivity index is 1.16. The monoisotopic (exact) mass is 381 g/mol. The highest BCUT2D eigenvalue weighted by molar-refractivity contribution is 5.27. The summed E-state index contributed by atoms with van der Waals surface area (Å²) in [5.74, 6) is 0.937. The first-order valence-electron chi connectivity index (χ1n) is 10.6. The van der Waals surface area contributed by atoms with Crippen molar-refractivity contribution in [3.8, 4) is 5.75 Å². The first kappa shape index (κ1) is 19.4. The zero-order chi connectivity index (χ0) is 19.0. The van der Waals surface area contributed by atoms with Gasteiger partial charge in [-0.3, -0.25) is 4.90 Å². The largest absolute Gasteiger partial charge is 0.491 e. The smallest absolute Gasteiger partial charge is 0.119 e. The van der Waals surface area contributed by atoms with Gasteiger partial charge in [-0.15, -0.1) is 0 Å². The fraction of sp³-hybridized carbons (Fsp3) is 0.500. The third-order valence-corrected chi connectivity index (χ3v) is 5.65. The van der Waals surface area contributed by atoms with E-state index in [0.29, 0.717) is 12.7 Å². The van der Waals surface area contributed by atoms with Crippen molar-refractivity contribution in [1.82, 2.24) is 4.90 Å². The first-order chi connectivity index (χ1) is 13.8. The van der Waals surface area contributed by atoms with Crippen molar-refractivity contribution in [2.45, 2.75) is 51.0 Å². The molecule has 2 aromatic carbocycles. The lowest BCUT2D eigenvalue weighted by Crippen LogP contribution is -2.36. The Morgan fingerprint density at radius 3 is 2.39 bits per heavy atom. The van der Waals surface area contributed by atoms with Gasteiger partial charge < -0.3 is 14.2 Å². The van der Waals surface area contributed by atoms with Crippen molar-refractivity contribution in [2.24, 2.45) is 0 Å². The van der Waals surface area contributed by atoms with Crippen molar-refractivity contribution >= 4 is 0 Å². The SMILES string of the molecule is c1ccc(COC2CCN(Cc3ccc(OC[C@H]4CCCO4)cc3)CC2)cc1. The number of benzene rings is 2. The third kappa shape index (κ3) is 5.81. The maximum Gasteiger partial charge on any atom is 0.119 e. The lowest BCUT2D eigenvalue weighted by molar-refractivity contribution is -0.00394. The predicted molar refractivity (Wildman–Crippen MR) is 110 cm³/mol. The van der Waals surface area contributed by atoms with Crippen LogP contribution in [0.4, 0.5) is 0 Å². The molecule has 4 nitrogen and oxygen atoms in total. The molecule has 2 fully saturated rings. The molecule has 0 spiro atoms. The van der Waals surface area contributed by atoms with E-state index in [1.165, 1.54) is 11.1 Å². The van der Waals surface area contributed by atoms with Crippen LogP contribution in [0.3, 0.4) is 0 Å². The van der Waals surface area contributed by atoms with Crippen molar-refractivity contribution in [1.29, 1.82) is 0 Å². The zero-order valence-electron chi connectivity index (χ0n) is 16.6. The van der Waals surface area contributed by atoms with Crippen LogP contribution < -0.4 is 4.74 Å². The van der Waals surface area contributed by atoms with Crippen LogP contribution in [0, 0.1) is 0 Å². The minimum absolute atomic E-state index is 0.269. The summed E-state index contributed by atoms with van der Waals surface area (Å²) in [6.45, 7) is 5.44. The van der Waals surface area contributed by atoms with Crippen LogP contribution in [0.5, 0.6) is 5.75 Å². The molecule has 2 aliphatic rings. The lowest BCUT2D eigenvalue weighted by Gasteiger charge is -2.32. The number of piperidine rings is 1. The minimum atomic E-state index is 0.269. The molecule has 0 bridgehead atoms. The second-order valence-electron chi connectivity index (χ2n) is 7.86. The molecule has 0 unspecified atom stereocenters. The Morgan fingerprint density at radius 1 is 0.893 bits per heavy atom. The maximum atomic E-state index is 6.10. The van der Waals surface area contributed by atoms with Gasteiger partial charge in [-0.05, 0) is 48.9 Å². The Morgan fingerprint density at radius 2 is 1.68 bits per heavy atom. The van der Waals surface area contributed by atoms with Crippen LogP contribution in [0.15, 0.2) is 54.6 Å². The Labute approximate surface area is 168 Å². The summed E-state index contributed by atoms with van der Waals surface area (Å²) in [7, 11) is 0. The summed E-state index contributed by atoms with van der Waals surface area (Å²) in [6.07, 6.45) is 5.13. The lowest BCUT2D eigenvalue weighted by atomic mass is 10.1. The van der Waals surface area contributed by atoms with E-state index in [-0.39, 0.29) is 6.10 Å². The van der Waals surface area contributed by atoms with E-state index >= 15 is 0 Å². The number of nitrogens with zero attached hydrogens (tertiary/aromatic N) is 1. The van der Waals surface area contributed by atoms with Gasteiger partial charge in [-0.1, -0.05) is 42.5 Å². The van der Waals surface area contributed by atoms with Gasteiger partial charge in [0.05, 0.1) is 18.8 Å². The normalized spacial score (nSPS) is 21.1. The van der Waals surface area contributed by atoms with Crippen molar-refractivity contribution in [3.05, 3.63) is 65.7 Å². The van der Waals surface area contributed by atoms with Gasteiger partial charge in [0.15, 0.2) is 0 Å². The van der Waals surface area contributed by atoms with Gasteiger partial charge in [-0.2, -0.15) is 0 Å². The first-order valence-corrected chi connectivity index (χ1v) is 10.6. The molecular formula is C24H31NO3. The molecule has 2 heterocycles. The zero-order valence-corrected chi connectivity index (χ0v) is 16.6. The van der Waals surface area contributed by atoms with Crippen molar-refractivity contribution in [2.75, 3.05) is 26.3 Å². The molecule has 1 atom stereocenters. The molecule has 0 N–H and O–H groups in total. The number of hydrogen-bond acceptors (Lipinski definition) is 4. The van der Waals surface area contributed by atoms with E-state index in [1.54, 1.807) is 0 Å². The van der Waals surface area contributed by atoms with E-state index < -0.39 is 0 Å². The molecule has 150 valence electrons. The summed E-state index contributed by atoms with van der Waals surface area (Å²) in [6, 6.07) is 19.0. The molecule has 28 heavy (non-hydrogen) atoms. The van der Waals surface area contributed by atoms with Crippen molar-refractivity contribution < 1.29 is 14.2 Å². The Kier molecular flexibility index (Phi) is 6.98. The maximum absolute atomic E-state index is 6.10. The van der Waals surface area contributed by atoms with Crippen LogP contribution in [-0.2, 0) is 22.6 Å². The highest BCUT2D eigenvalue weighted by Gasteiger charge is 2.20. The minimum Gasteiger partial charge on any atom is -0.491 e. The molecule has 0 saturated carbocycles. The average Bonchev–Trinajstić information content (AvgIpc) is 3.27. The highest BCUT2D eigenvalue weighted by Crippen LogP contribution is 2.20. The van der Waals surface area contributed by atoms with Crippen LogP contribution in [0.1, 0.15) is 36.8 Å². The van der Waals surface area contributed by atoms with Crippen LogP contribution >= 0.6 is 0 Å². The molecule has 0 radical (unpaired) electrons. The number of likely N-dealkylation sites (tertiary alicyclic amines) is 1. The molecule has 0 amide bonds. The average molecular weight is 382 g/mol. The Bertz CT molecular complexity index is 690. The van der Waals surface area contributed by atoms with Crippen molar-refractivity contribution in [3.63, 3.8) is 0 Å². The van der Waals surface area contributed by atoms with Gasteiger partial charge in [-0.25, -0.2) is 0 Å². The number of hydrogen-bond donors (Lipinski definition) is 0. The molecule has 0 aliphatic carbocycles. The molecule has 2 aliphatic heterocycles. The molecule has 2 aromatic rings. The van der Waals surface area contributed by atoms with E-state index in [2.05, 4.69) is 53.4 Å². The summed E-state index contributed by atoms with van der Waals surface area (Å²) >= 11 is 0. The van der Waals surface area contributed by atoms with Gasteiger partial charge in [0.1, 0.15) is 12.4 Å². The molecule has 0 aromatic heterocycles. The predicted octanol–water partition coefficient (Wildman–Crippen LogP) is 4.43. The topological polar surface area (TPSA) is 30.9 Å². The highest BCUT2D eigenvalue weighted by atomic mass is 16.5. The fourth-order valence-corrected chi connectivity index (χ4v) is 3.94. The van der Waals surface area contributed by atoms with E-state index in [0.717, 1.165) is 64.3 Å². The molecule has 4 rings (SSSR count). The van der Waals surface area contributed by atoms with Gasteiger partial charge in [0.25, 0.3) is 0 Å². The standard InChI is InChI=1S/C24H31NO3/c1-2-5-21(6-3-1)18-27-23-12-14-25(15-13-23)17-20-8-10-22(11-9-20)28-19-24-7-4-16-26-24/h1-3,5-6,8-11,23-24H,4,7,12-19H2/t24-/m1/s1. The summed E-state index contributed by atoms with van der Waals surface area (Å²) in [5, 5.41) is 0. The third-order valence-electron chi connectivity index (χ3n) is 5.65. The van der Waals surface area contributed by atoms with E-state index in [1.807, 2.05) is 6.07 Å². The van der Waals surface area contributed by atoms with E-state index in [9.17, 15) is 0 Å². The summed E-state index contributed by atoms with van der Waals surface area (Å²) in [5.41, 5.74) is 2.60. The second-order valence-corrected chi connectivity index (χ2v) is 7.86. The molecule has 4 heteroatoms. The van der Waals surface area contributed by atoms with Gasteiger partial charge in [0, 0.05) is 26.2 Å². The Hall–Kier alpha value is -1.88. The fourth-order valence-electron chi connectivity index (χ4n) is 3.94. The van der Waals surface area contributed by atoms with Crippen LogP contribution in [0.25, 0.3) is 0 Å². The number of rotatable bonds is 8. The van der Waals surface area contributed by atoms with E-state index in [4.69, 9.17) is 14.2 Å². The second kappa shape index (κ2) is 10.1. The molecular weight excluding hydrogens is 350 g/mol. The van der Waals surface area contributed by atoms with Crippen LogP contribution in [-0.4, -0.2) is 43.4 Å².